The summed E-state index contributed by atoms with van der Waals surface area (Å²) in [5.41, 5.74) is 2.45. The van der Waals surface area contributed by atoms with Gasteiger partial charge < -0.3 is 19.4 Å². The number of hydrogen-bond acceptors (Lipinski definition) is 11. The van der Waals surface area contributed by atoms with Crippen molar-refractivity contribution in [1.29, 1.82) is 5.26 Å². The molecule has 40 heavy (non-hydrogen) atoms. The zero-order valence-electron chi connectivity index (χ0n) is 21.2. The third-order valence-corrected chi connectivity index (χ3v) is 6.95. The van der Waals surface area contributed by atoms with Gasteiger partial charge in [-0.15, -0.1) is 0 Å². The van der Waals surface area contributed by atoms with E-state index < -0.39 is 0 Å². The Morgan fingerprint density at radius 1 is 0.925 bits per heavy atom. The number of anilines is 4. The Bertz CT molecular complexity index is 1980. The van der Waals surface area contributed by atoms with Gasteiger partial charge in [0.2, 0.25) is 11.9 Å². The van der Waals surface area contributed by atoms with Crippen LogP contribution in [-0.4, -0.2) is 31.6 Å². The molecule has 0 bridgehead atoms. The average molecular weight is 549 g/mol. The Morgan fingerprint density at radius 2 is 1.70 bits per heavy atom. The minimum absolute atomic E-state index is 0.0326. The van der Waals surface area contributed by atoms with E-state index in [0.717, 1.165) is 21.4 Å². The number of aromatic nitrogens is 5. The maximum atomic E-state index is 12.6. The van der Waals surface area contributed by atoms with Gasteiger partial charge in [-0.2, -0.15) is 20.2 Å². The molecule has 0 aliphatic heterocycles. The highest BCUT2D eigenvalue weighted by atomic mass is 32.1. The number of benzene rings is 3. The first kappa shape index (κ1) is 24.8. The van der Waals surface area contributed by atoms with Crippen LogP contribution in [0.1, 0.15) is 5.56 Å². The number of nitrogens with zero attached hydrogens (tertiary/aromatic N) is 6. The molecule has 0 aliphatic carbocycles. The minimum Gasteiger partial charge on any atom is -0.497 e. The van der Waals surface area contributed by atoms with Crippen molar-refractivity contribution in [1.82, 2.24) is 24.5 Å². The van der Waals surface area contributed by atoms with E-state index in [1.807, 2.05) is 42.5 Å². The largest absolute Gasteiger partial charge is 0.497 e. The quantitative estimate of drug-likeness (QED) is 0.263. The van der Waals surface area contributed by atoms with Crippen LogP contribution in [0.2, 0.25) is 0 Å². The summed E-state index contributed by atoms with van der Waals surface area (Å²) in [6.07, 6.45) is 0. The molecule has 11 nitrogen and oxygen atoms in total. The van der Waals surface area contributed by atoms with Crippen LogP contribution in [-0.2, 0) is 7.05 Å². The average Bonchev–Trinajstić information content (AvgIpc) is 3.37. The number of nitrogens with one attached hydrogen (secondary N) is 2. The van der Waals surface area contributed by atoms with E-state index in [-0.39, 0.29) is 23.5 Å². The summed E-state index contributed by atoms with van der Waals surface area (Å²) in [5, 5.41) is 16.6. The van der Waals surface area contributed by atoms with Crippen LogP contribution < -0.4 is 25.7 Å². The molecule has 0 radical (unpaired) electrons. The van der Waals surface area contributed by atoms with Crippen molar-refractivity contribution < 1.29 is 9.47 Å². The SMILES string of the molecule is COc1ccc2nc(Nc3nc(Nc4ccc(C#N)cc4)nc(Oc4cc(=O)n(C)c5ccccc45)n3)sc2c1. The van der Waals surface area contributed by atoms with Gasteiger partial charge in [0.25, 0.3) is 5.56 Å². The van der Waals surface area contributed by atoms with Crippen LogP contribution in [0.3, 0.4) is 0 Å². The van der Waals surface area contributed by atoms with Gasteiger partial charge in [0.05, 0.1) is 34.5 Å². The smallest absolute Gasteiger partial charge is 0.328 e. The third kappa shape index (κ3) is 4.96. The lowest BCUT2D eigenvalue weighted by Gasteiger charge is -2.12. The number of ether oxygens (including phenoxy) is 2. The molecule has 6 rings (SSSR count). The van der Waals surface area contributed by atoms with Gasteiger partial charge in [-0.25, -0.2) is 4.98 Å². The van der Waals surface area contributed by atoms with Crippen molar-refractivity contribution >= 4 is 55.2 Å². The van der Waals surface area contributed by atoms with E-state index in [2.05, 4.69) is 36.6 Å². The standard InChI is InChI=1S/C28H20N8O3S/c1-36-21-6-4-3-5-19(21)22(14-24(36)37)39-27-33-25(30-17-9-7-16(15-29)8-10-17)32-26(34-27)35-28-31-20-12-11-18(38-2)13-23(20)40-28/h3-14H,1-2H3,(H2,30,31,32,33,34,35). The first-order chi connectivity index (χ1) is 19.5. The predicted molar refractivity (Wildman–Crippen MR) is 153 cm³/mol. The zero-order chi connectivity index (χ0) is 27.6. The van der Waals surface area contributed by atoms with Crippen LogP contribution in [0.15, 0.2) is 77.6 Å². The Balaban J connectivity index is 1.39. The summed E-state index contributed by atoms with van der Waals surface area (Å²) >= 11 is 1.41. The van der Waals surface area contributed by atoms with Gasteiger partial charge in [-0.3, -0.25) is 10.1 Å². The van der Waals surface area contributed by atoms with Crippen LogP contribution in [0.5, 0.6) is 17.5 Å². The van der Waals surface area contributed by atoms with Gasteiger partial charge >= 0.3 is 6.01 Å². The van der Waals surface area contributed by atoms with E-state index in [1.165, 1.54) is 17.4 Å². The highest BCUT2D eigenvalue weighted by molar-refractivity contribution is 7.22. The van der Waals surface area contributed by atoms with Gasteiger partial charge in [0.15, 0.2) is 5.13 Å². The lowest BCUT2D eigenvalue weighted by molar-refractivity contribution is 0.415. The van der Waals surface area contributed by atoms with E-state index in [1.54, 1.807) is 43.0 Å². The second kappa shape index (κ2) is 10.3. The molecule has 0 atom stereocenters. The van der Waals surface area contributed by atoms with Gasteiger partial charge in [-0.1, -0.05) is 23.5 Å². The van der Waals surface area contributed by atoms with Gasteiger partial charge in [0.1, 0.15) is 11.5 Å². The minimum atomic E-state index is -0.234. The van der Waals surface area contributed by atoms with Crippen LogP contribution in [0.25, 0.3) is 21.1 Å². The van der Waals surface area contributed by atoms with E-state index >= 15 is 0 Å². The summed E-state index contributed by atoms with van der Waals surface area (Å²) in [7, 11) is 3.31. The van der Waals surface area contributed by atoms with Crippen molar-refractivity contribution in [3.05, 3.63) is 88.7 Å². The molecule has 196 valence electrons. The number of fused-ring (bicyclic) bond motifs is 2. The second-order valence-corrected chi connectivity index (χ2v) is 9.61. The van der Waals surface area contributed by atoms with Crippen molar-refractivity contribution in [2.75, 3.05) is 17.7 Å². The fourth-order valence-corrected chi connectivity index (χ4v) is 4.90. The van der Waals surface area contributed by atoms with Crippen molar-refractivity contribution in [2.45, 2.75) is 0 Å². The second-order valence-electron chi connectivity index (χ2n) is 8.58. The highest BCUT2D eigenvalue weighted by Crippen LogP contribution is 2.32. The van der Waals surface area contributed by atoms with Crippen LogP contribution >= 0.6 is 11.3 Å². The number of pyridine rings is 1. The molecule has 3 aromatic heterocycles. The number of para-hydroxylation sites is 1. The maximum absolute atomic E-state index is 12.6. The van der Waals surface area contributed by atoms with Crippen molar-refractivity contribution in [3.63, 3.8) is 0 Å². The lowest BCUT2D eigenvalue weighted by atomic mass is 10.2. The summed E-state index contributed by atoms with van der Waals surface area (Å²) in [5.74, 6) is 1.41. The van der Waals surface area contributed by atoms with Gasteiger partial charge in [0, 0.05) is 24.2 Å². The van der Waals surface area contributed by atoms with E-state index in [9.17, 15) is 4.79 Å². The predicted octanol–water partition coefficient (Wildman–Crippen LogP) is 5.49. The first-order valence-electron chi connectivity index (χ1n) is 12.0. The topological polar surface area (TPSA) is 140 Å². The molecular formula is C28H20N8O3S. The fourth-order valence-electron chi connectivity index (χ4n) is 4.01. The number of thiazole rings is 1. The molecule has 2 N–H and O–H groups in total. The Labute approximate surface area is 231 Å². The molecule has 12 heteroatoms. The monoisotopic (exact) mass is 548 g/mol. The van der Waals surface area contributed by atoms with E-state index in [0.29, 0.717) is 27.6 Å². The summed E-state index contributed by atoms with van der Waals surface area (Å²) < 4.78 is 13.9. The van der Waals surface area contributed by atoms with E-state index in [4.69, 9.17) is 14.7 Å². The number of rotatable bonds is 7. The molecule has 0 fully saturated rings. The molecule has 0 saturated heterocycles. The molecule has 0 spiro atoms. The Kier molecular flexibility index (Phi) is 6.39. The number of hydrogen-bond donors (Lipinski definition) is 2. The van der Waals surface area contributed by atoms with Crippen LogP contribution in [0.4, 0.5) is 22.7 Å². The molecule has 3 heterocycles. The number of nitriles is 1. The normalized spacial score (nSPS) is 10.8. The Morgan fingerprint density at radius 3 is 2.48 bits per heavy atom. The van der Waals surface area contributed by atoms with Gasteiger partial charge in [-0.05, 0) is 54.6 Å². The highest BCUT2D eigenvalue weighted by Gasteiger charge is 2.15. The molecule has 6 aromatic rings. The van der Waals surface area contributed by atoms with Crippen molar-refractivity contribution in [3.8, 4) is 23.6 Å². The molecular weight excluding hydrogens is 528 g/mol. The first-order valence-corrected chi connectivity index (χ1v) is 12.8. The van der Waals surface area contributed by atoms with Crippen molar-refractivity contribution in [2.24, 2.45) is 7.05 Å². The maximum Gasteiger partial charge on any atom is 0.328 e. The zero-order valence-corrected chi connectivity index (χ0v) is 22.1. The summed E-state index contributed by atoms with van der Waals surface area (Å²) in [6.45, 7) is 0. The van der Waals surface area contributed by atoms with Crippen LogP contribution in [0, 0.1) is 11.3 Å². The molecule has 3 aromatic carbocycles. The summed E-state index contributed by atoms with van der Waals surface area (Å²) in [6, 6.07) is 23.3. The molecule has 0 saturated carbocycles. The number of methoxy groups -OCH3 is 1. The number of aryl methyl sites for hydroxylation is 1. The molecule has 0 amide bonds. The molecule has 0 unspecified atom stereocenters. The fraction of sp³-hybridized carbons (Fsp3) is 0.0714. The lowest BCUT2D eigenvalue weighted by Crippen LogP contribution is -2.16. The Hall–Kier alpha value is -5.54. The summed E-state index contributed by atoms with van der Waals surface area (Å²) in [4.78, 5) is 30.6. The third-order valence-electron chi connectivity index (χ3n) is 6.02. The molecule has 0 aliphatic rings.